The van der Waals surface area contributed by atoms with Crippen molar-refractivity contribution in [2.75, 3.05) is 0 Å². The van der Waals surface area contributed by atoms with E-state index < -0.39 is 0 Å². The lowest BCUT2D eigenvalue weighted by Crippen LogP contribution is -2.00. The molecule has 0 fully saturated rings. The second-order valence-corrected chi connectivity index (χ2v) is 4.45. The van der Waals surface area contributed by atoms with Crippen LogP contribution in [0.1, 0.15) is 5.56 Å². The van der Waals surface area contributed by atoms with Crippen molar-refractivity contribution in [3.63, 3.8) is 0 Å². The van der Waals surface area contributed by atoms with Crippen molar-refractivity contribution in [3.05, 3.63) is 64.6 Å². The Bertz CT molecular complexity index is 782. The highest BCUT2D eigenvalue weighted by Gasteiger charge is 2.18. The standard InChI is InChI=1S/C14H11N5O2/c1-10-3-2-4-12(14(10)19(20)21)13-6-5-11(9-15-13)18-16-7-8-17-18/h2-9H,1H3. The van der Waals surface area contributed by atoms with Gasteiger partial charge in [-0.3, -0.25) is 15.1 Å². The summed E-state index contributed by atoms with van der Waals surface area (Å²) in [5.74, 6) is 0. The highest BCUT2D eigenvalue weighted by atomic mass is 16.6. The summed E-state index contributed by atoms with van der Waals surface area (Å²) in [5, 5.41) is 19.2. The minimum Gasteiger partial charge on any atom is -0.258 e. The van der Waals surface area contributed by atoms with E-state index in [4.69, 9.17) is 0 Å². The van der Waals surface area contributed by atoms with Gasteiger partial charge in [-0.1, -0.05) is 12.1 Å². The van der Waals surface area contributed by atoms with E-state index in [1.165, 1.54) is 4.80 Å². The maximum atomic E-state index is 11.2. The summed E-state index contributed by atoms with van der Waals surface area (Å²) >= 11 is 0. The third kappa shape index (κ3) is 2.36. The van der Waals surface area contributed by atoms with Crippen molar-refractivity contribution in [2.45, 2.75) is 6.92 Å². The monoisotopic (exact) mass is 281 g/mol. The molecule has 1 aromatic carbocycles. The number of hydrogen-bond donors (Lipinski definition) is 0. The smallest absolute Gasteiger partial charge is 0.258 e. The van der Waals surface area contributed by atoms with E-state index in [0.29, 0.717) is 22.5 Å². The second kappa shape index (κ2) is 5.12. The first-order chi connectivity index (χ1) is 10.2. The first-order valence-corrected chi connectivity index (χ1v) is 6.24. The number of nitro groups is 1. The molecular weight excluding hydrogens is 270 g/mol. The molecule has 0 bridgehead atoms. The molecule has 7 heteroatoms. The summed E-state index contributed by atoms with van der Waals surface area (Å²) in [4.78, 5) is 16.6. The molecule has 3 aromatic rings. The van der Waals surface area contributed by atoms with Crippen LogP contribution in [0.15, 0.2) is 48.9 Å². The fourth-order valence-corrected chi connectivity index (χ4v) is 2.12. The zero-order valence-electron chi connectivity index (χ0n) is 11.2. The van der Waals surface area contributed by atoms with Crippen LogP contribution in [0, 0.1) is 17.0 Å². The number of nitrogens with zero attached hydrogens (tertiary/aromatic N) is 5. The molecule has 104 valence electrons. The van der Waals surface area contributed by atoms with Crippen LogP contribution in [0.4, 0.5) is 5.69 Å². The van der Waals surface area contributed by atoms with Gasteiger partial charge in [0.15, 0.2) is 0 Å². The molecule has 3 rings (SSSR count). The van der Waals surface area contributed by atoms with Gasteiger partial charge in [-0.15, -0.1) is 0 Å². The lowest BCUT2D eigenvalue weighted by molar-refractivity contribution is -0.384. The summed E-state index contributed by atoms with van der Waals surface area (Å²) in [5.41, 5.74) is 2.42. The van der Waals surface area contributed by atoms with Crippen molar-refractivity contribution in [3.8, 4) is 16.9 Å². The predicted molar refractivity (Wildman–Crippen MR) is 76.0 cm³/mol. The molecule has 7 nitrogen and oxygen atoms in total. The lowest BCUT2D eigenvalue weighted by atomic mass is 10.0. The Morgan fingerprint density at radius 3 is 2.52 bits per heavy atom. The van der Waals surface area contributed by atoms with E-state index in [0.717, 1.165) is 0 Å². The van der Waals surface area contributed by atoms with Crippen LogP contribution in [0.5, 0.6) is 0 Å². The third-order valence-corrected chi connectivity index (χ3v) is 3.09. The molecule has 0 radical (unpaired) electrons. The minimum absolute atomic E-state index is 0.0787. The van der Waals surface area contributed by atoms with Crippen molar-refractivity contribution < 1.29 is 4.92 Å². The lowest BCUT2D eigenvalue weighted by Gasteiger charge is -2.05. The molecule has 0 saturated carbocycles. The van der Waals surface area contributed by atoms with Gasteiger partial charge >= 0.3 is 0 Å². The fourth-order valence-electron chi connectivity index (χ4n) is 2.12. The van der Waals surface area contributed by atoms with E-state index in [9.17, 15) is 10.1 Å². The summed E-state index contributed by atoms with van der Waals surface area (Å²) in [6.45, 7) is 1.71. The Labute approximate surface area is 120 Å². The maximum absolute atomic E-state index is 11.2. The Balaban J connectivity index is 2.06. The maximum Gasteiger partial charge on any atom is 0.281 e. The van der Waals surface area contributed by atoms with E-state index in [1.807, 2.05) is 0 Å². The van der Waals surface area contributed by atoms with Crippen molar-refractivity contribution in [1.29, 1.82) is 0 Å². The van der Waals surface area contributed by atoms with E-state index >= 15 is 0 Å². The molecule has 0 amide bonds. The quantitative estimate of drug-likeness (QED) is 0.544. The van der Waals surface area contributed by atoms with E-state index in [2.05, 4.69) is 15.2 Å². The number of rotatable bonds is 3. The van der Waals surface area contributed by atoms with Crippen LogP contribution < -0.4 is 0 Å². The van der Waals surface area contributed by atoms with Crippen LogP contribution in [0.2, 0.25) is 0 Å². The molecule has 2 aromatic heterocycles. The van der Waals surface area contributed by atoms with E-state index in [1.54, 1.807) is 55.8 Å². The Morgan fingerprint density at radius 1 is 1.14 bits per heavy atom. The number of nitro benzene ring substituents is 1. The van der Waals surface area contributed by atoms with Crippen LogP contribution in [-0.2, 0) is 0 Å². The van der Waals surface area contributed by atoms with Gasteiger partial charge in [-0.2, -0.15) is 15.0 Å². The predicted octanol–water partition coefficient (Wildman–Crippen LogP) is 2.55. The molecule has 0 aliphatic rings. The van der Waals surface area contributed by atoms with Gasteiger partial charge in [0.25, 0.3) is 5.69 Å². The number of pyridine rings is 1. The Hall–Kier alpha value is -3.09. The van der Waals surface area contributed by atoms with Crippen LogP contribution >= 0.6 is 0 Å². The number of para-hydroxylation sites is 1. The van der Waals surface area contributed by atoms with Crippen LogP contribution in [0.25, 0.3) is 16.9 Å². The van der Waals surface area contributed by atoms with E-state index in [-0.39, 0.29) is 10.6 Å². The summed E-state index contributed by atoms with van der Waals surface area (Å²) in [6.07, 6.45) is 4.72. The normalized spacial score (nSPS) is 10.5. The zero-order valence-corrected chi connectivity index (χ0v) is 11.2. The molecule has 0 N–H and O–H groups in total. The van der Waals surface area contributed by atoms with Gasteiger partial charge in [-0.25, -0.2) is 0 Å². The number of hydrogen-bond acceptors (Lipinski definition) is 5. The molecule has 21 heavy (non-hydrogen) atoms. The Kier molecular flexibility index (Phi) is 3.15. The molecule has 0 unspecified atom stereocenters. The largest absolute Gasteiger partial charge is 0.281 e. The highest BCUT2D eigenvalue weighted by Crippen LogP contribution is 2.31. The average Bonchev–Trinajstić information content (AvgIpc) is 3.01. The summed E-state index contributed by atoms with van der Waals surface area (Å²) in [7, 11) is 0. The second-order valence-electron chi connectivity index (χ2n) is 4.45. The molecule has 0 aliphatic heterocycles. The third-order valence-electron chi connectivity index (χ3n) is 3.09. The minimum atomic E-state index is -0.380. The van der Waals surface area contributed by atoms with Gasteiger partial charge in [0.05, 0.1) is 34.8 Å². The molecule has 2 heterocycles. The topological polar surface area (TPSA) is 86.7 Å². The fraction of sp³-hybridized carbons (Fsp3) is 0.0714. The summed E-state index contributed by atoms with van der Waals surface area (Å²) < 4.78 is 0. The molecule has 0 aliphatic carbocycles. The number of benzene rings is 1. The Morgan fingerprint density at radius 2 is 1.90 bits per heavy atom. The van der Waals surface area contributed by atoms with Crippen LogP contribution in [-0.4, -0.2) is 24.9 Å². The zero-order chi connectivity index (χ0) is 14.8. The van der Waals surface area contributed by atoms with Gasteiger partial charge in [0, 0.05) is 5.56 Å². The van der Waals surface area contributed by atoms with Gasteiger partial charge in [-0.05, 0) is 25.1 Å². The first kappa shape index (κ1) is 12.9. The molecule has 0 atom stereocenters. The van der Waals surface area contributed by atoms with Crippen LogP contribution in [0.3, 0.4) is 0 Å². The first-order valence-electron chi connectivity index (χ1n) is 6.24. The molecular formula is C14H11N5O2. The van der Waals surface area contributed by atoms with Gasteiger partial charge in [0.2, 0.25) is 0 Å². The SMILES string of the molecule is Cc1cccc(-c2ccc(-n3nccn3)cn2)c1[N+](=O)[O-]. The highest BCUT2D eigenvalue weighted by molar-refractivity contribution is 5.73. The number of aromatic nitrogens is 4. The van der Waals surface area contributed by atoms with Gasteiger partial charge in [0.1, 0.15) is 5.69 Å². The van der Waals surface area contributed by atoms with Gasteiger partial charge < -0.3 is 0 Å². The summed E-state index contributed by atoms with van der Waals surface area (Å²) in [6, 6.07) is 8.68. The van der Waals surface area contributed by atoms with Crippen molar-refractivity contribution in [1.82, 2.24) is 20.0 Å². The molecule has 0 saturated heterocycles. The number of aryl methyl sites for hydroxylation is 1. The van der Waals surface area contributed by atoms with Crippen molar-refractivity contribution in [2.24, 2.45) is 0 Å². The van der Waals surface area contributed by atoms with Crippen molar-refractivity contribution >= 4 is 5.69 Å². The molecule has 0 spiro atoms. The average molecular weight is 281 g/mol.